The number of nitrogens with one attached hydrogen (secondary N) is 1. The Hall–Kier alpha value is -1.43. The van der Waals surface area contributed by atoms with Gasteiger partial charge in [0.2, 0.25) is 0 Å². The minimum Gasteiger partial charge on any atom is -0.333 e. The lowest BCUT2D eigenvalue weighted by Gasteiger charge is -2.34. The van der Waals surface area contributed by atoms with E-state index >= 15 is 0 Å². The fourth-order valence-corrected chi connectivity index (χ4v) is 2.75. The van der Waals surface area contributed by atoms with Crippen molar-refractivity contribution in [3.8, 4) is 0 Å². The van der Waals surface area contributed by atoms with Gasteiger partial charge in [-0.3, -0.25) is 9.78 Å². The van der Waals surface area contributed by atoms with Gasteiger partial charge in [-0.25, -0.2) is 4.39 Å². The van der Waals surface area contributed by atoms with Crippen LogP contribution in [0.3, 0.4) is 0 Å². The molecule has 23 heavy (non-hydrogen) atoms. The average Bonchev–Trinajstić information content (AvgIpc) is 2.46. The van der Waals surface area contributed by atoms with E-state index in [0.29, 0.717) is 23.3 Å². The molecule has 1 N–H and O–H groups in total. The first kappa shape index (κ1) is 19.6. The highest BCUT2D eigenvalue weighted by molar-refractivity contribution is 5.98. The Balaban J connectivity index is 0.00000132. The maximum absolute atomic E-state index is 13.2. The molecule has 126 valence electrons. The first-order valence-corrected chi connectivity index (χ1v) is 7.15. The van der Waals surface area contributed by atoms with Crippen LogP contribution in [-0.2, 0) is 0 Å². The Labute approximate surface area is 147 Å². The molecule has 0 radical (unpaired) electrons. The summed E-state index contributed by atoms with van der Waals surface area (Å²) in [4.78, 5) is 19.0. The van der Waals surface area contributed by atoms with E-state index in [0.717, 1.165) is 18.5 Å². The average molecular weight is 360 g/mol. The van der Waals surface area contributed by atoms with Gasteiger partial charge in [-0.2, -0.15) is 0 Å². The third-order valence-corrected chi connectivity index (χ3v) is 3.96. The summed E-state index contributed by atoms with van der Waals surface area (Å²) in [6.45, 7) is 6.13. The van der Waals surface area contributed by atoms with Crippen molar-refractivity contribution in [2.75, 3.05) is 19.6 Å². The van der Waals surface area contributed by atoms with Crippen molar-refractivity contribution in [3.63, 3.8) is 0 Å². The summed E-state index contributed by atoms with van der Waals surface area (Å²) in [7, 11) is 0. The number of rotatable bonds is 1. The van der Waals surface area contributed by atoms with Gasteiger partial charge in [-0.1, -0.05) is 0 Å². The number of hydrogen-bond donors (Lipinski definition) is 1. The summed E-state index contributed by atoms with van der Waals surface area (Å²) in [5.41, 5.74) is 1.82. The van der Waals surface area contributed by atoms with Crippen molar-refractivity contribution < 1.29 is 9.18 Å². The van der Waals surface area contributed by atoms with E-state index in [-0.39, 0.29) is 42.6 Å². The molecule has 1 amide bonds. The second kappa shape index (κ2) is 7.90. The molecule has 1 fully saturated rings. The predicted octanol–water partition coefficient (Wildman–Crippen LogP) is 2.96. The van der Waals surface area contributed by atoms with E-state index in [1.54, 1.807) is 13.0 Å². The van der Waals surface area contributed by atoms with Crippen molar-refractivity contribution in [2.24, 2.45) is 0 Å². The molecule has 0 unspecified atom stereocenters. The Morgan fingerprint density at radius 1 is 1.35 bits per heavy atom. The Morgan fingerprint density at radius 2 is 2.09 bits per heavy atom. The van der Waals surface area contributed by atoms with Crippen molar-refractivity contribution >= 4 is 41.6 Å². The van der Waals surface area contributed by atoms with Crippen LogP contribution in [0, 0.1) is 12.7 Å². The van der Waals surface area contributed by atoms with Crippen LogP contribution in [0.25, 0.3) is 10.9 Å². The number of hydrogen-bond acceptors (Lipinski definition) is 3. The molecule has 1 saturated heterocycles. The van der Waals surface area contributed by atoms with E-state index in [9.17, 15) is 9.18 Å². The third kappa shape index (κ3) is 3.91. The van der Waals surface area contributed by atoms with Crippen molar-refractivity contribution in [3.05, 3.63) is 41.3 Å². The number of amides is 1. The number of pyridine rings is 1. The van der Waals surface area contributed by atoms with Gasteiger partial charge in [0.05, 0.1) is 16.8 Å². The first-order valence-electron chi connectivity index (χ1n) is 7.15. The standard InChI is InChI=1S/C16H18FN3O.2ClH/c1-10-9-18-5-6-20(10)16(21)14-7-12-3-4-13(17)8-15(12)19-11(14)2;;/h3-4,7-8,10,18H,5-6,9H2,1-2H3;2*1H/t10-;;/m0../s1. The molecule has 1 atom stereocenters. The second-order valence-corrected chi connectivity index (χ2v) is 5.51. The van der Waals surface area contributed by atoms with Crippen molar-refractivity contribution in [2.45, 2.75) is 19.9 Å². The molecular weight excluding hydrogens is 340 g/mol. The number of aromatic nitrogens is 1. The number of nitrogens with zero attached hydrogens (tertiary/aromatic N) is 2. The molecule has 1 aliphatic rings. The van der Waals surface area contributed by atoms with E-state index in [2.05, 4.69) is 10.3 Å². The summed E-state index contributed by atoms with van der Waals surface area (Å²) in [5, 5.41) is 4.06. The maximum Gasteiger partial charge on any atom is 0.256 e. The van der Waals surface area contributed by atoms with E-state index in [4.69, 9.17) is 0 Å². The van der Waals surface area contributed by atoms with Gasteiger partial charge in [-0.05, 0) is 32.0 Å². The van der Waals surface area contributed by atoms with Crippen LogP contribution >= 0.6 is 24.8 Å². The Kier molecular flexibility index (Phi) is 6.74. The van der Waals surface area contributed by atoms with Crippen LogP contribution in [0.1, 0.15) is 23.0 Å². The number of carbonyl (C=O) groups excluding carboxylic acids is 1. The second-order valence-electron chi connectivity index (χ2n) is 5.51. The molecule has 4 nitrogen and oxygen atoms in total. The summed E-state index contributed by atoms with van der Waals surface area (Å²) in [5.74, 6) is -0.315. The number of fused-ring (bicyclic) bond motifs is 1. The summed E-state index contributed by atoms with van der Waals surface area (Å²) < 4.78 is 13.2. The van der Waals surface area contributed by atoms with Gasteiger partial charge in [-0.15, -0.1) is 24.8 Å². The molecule has 0 aliphatic carbocycles. The highest BCUT2D eigenvalue weighted by atomic mass is 35.5. The summed E-state index contributed by atoms with van der Waals surface area (Å²) in [6.07, 6.45) is 0. The van der Waals surface area contributed by atoms with E-state index in [1.165, 1.54) is 12.1 Å². The normalized spacial score (nSPS) is 17.3. The zero-order chi connectivity index (χ0) is 15.0. The van der Waals surface area contributed by atoms with Gasteiger partial charge < -0.3 is 10.2 Å². The lowest BCUT2D eigenvalue weighted by atomic mass is 10.1. The third-order valence-electron chi connectivity index (χ3n) is 3.96. The van der Waals surface area contributed by atoms with Crippen molar-refractivity contribution in [1.29, 1.82) is 0 Å². The quantitative estimate of drug-likeness (QED) is 0.851. The van der Waals surface area contributed by atoms with Crippen molar-refractivity contribution in [1.82, 2.24) is 15.2 Å². The molecule has 1 aromatic heterocycles. The monoisotopic (exact) mass is 359 g/mol. The smallest absolute Gasteiger partial charge is 0.256 e. The van der Waals surface area contributed by atoms with Gasteiger partial charge >= 0.3 is 0 Å². The number of benzene rings is 1. The minimum absolute atomic E-state index is 0. The Bertz CT molecular complexity index is 711. The highest BCUT2D eigenvalue weighted by Gasteiger charge is 2.25. The van der Waals surface area contributed by atoms with Crippen LogP contribution in [-0.4, -0.2) is 41.5 Å². The molecule has 2 heterocycles. The maximum atomic E-state index is 13.2. The van der Waals surface area contributed by atoms with Crippen LogP contribution in [0.5, 0.6) is 0 Å². The molecule has 2 aromatic rings. The fraction of sp³-hybridized carbons (Fsp3) is 0.375. The topological polar surface area (TPSA) is 45.2 Å². The largest absolute Gasteiger partial charge is 0.333 e. The minimum atomic E-state index is -0.316. The molecule has 0 saturated carbocycles. The molecule has 7 heteroatoms. The van der Waals surface area contributed by atoms with Gasteiger partial charge in [0.25, 0.3) is 5.91 Å². The number of aryl methyl sites for hydroxylation is 1. The Morgan fingerprint density at radius 3 is 2.78 bits per heavy atom. The number of piperazine rings is 1. The molecule has 1 aromatic carbocycles. The molecule has 0 bridgehead atoms. The zero-order valence-electron chi connectivity index (χ0n) is 13.0. The lowest BCUT2D eigenvalue weighted by Crippen LogP contribution is -2.52. The van der Waals surface area contributed by atoms with E-state index in [1.807, 2.05) is 17.9 Å². The zero-order valence-corrected chi connectivity index (χ0v) is 14.6. The first-order chi connectivity index (χ1) is 10.1. The number of halogens is 3. The lowest BCUT2D eigenvalue weighted by molar-refractivity contribution is 0.0654. The molecule has 3 rings (SSSR count). The molecule has 1 aliphatic heterocycles. The van der Waals surface area contributed by atoms with Gasteiger partial charge in [0.1, 0.15) is 5.82 Å². The van der Waals surface area contributed by atoms with Gasteiger partial charge in [0, 0.05) is 37.1 Å². The predicted molar refractivity (Wildman–Crippen MR) is 94.3 cm³/mol. The van der Waals surface area contributed by atoms with Crippen LogP contribution in [0.4, 0.5) is 4.39 Å². The van der Waals surface area contributed by atoms with Gasteiger partial charge in [0.15, 0.2) is 0 Å². The number of carbonyl (C=O) groups is 1. The van der Waals surface area contributed by atoms with Crippen LogP contribution < -0.4 is 5.32 Å². The summed E-state index contributed by atoms with van der Waals surface area (Å²) in [6, 6.07) is 6.42. The molecule has 0 spiro atoms. The summed E-state index contributed by atoms with van der Waals surface area (Å²) >= 11 is 0. The SMILES string of the molecule is Cc1nc2cc(F)ccc2cc1C(=O)N1CCNC[C@@H]1C.Cl.Cl. The van der Waals surface area contributed by atoms with Crippen LogP contribution in [0.2, 0.25) is 0 Å². The highest BCUT2D eigenvalue weighted by Crippen LogP contribution is 2.20. The van der Waals surface area contributed by atoms with E-state index < -0.39 is 0 Å². The molecular formula is C16H20Cl2FN3O. The fourth-order valence-electron chi connectivity index (χ4n) is 2.75. The van der Waals surface area contributed by atoms with Crippen LogP contribution in [0.15, 0.2) is 24.3 Å².